The first-order valence-corrected chi connectivity index (χ1v) is 7.90. The Kier molecular flexibility index (Phi) is 5.26. The number of piperazine rings is 1. The van der Waals surface area contributed by atoms with Crippen LogP contribution in [0.3, 0.4) is 0 Å². The molecule has 8 nitrogen and oxygen atoms in total. The molecule has 1 aromatic rings. The van der Waals surface area contributed by atoms with Crippen LogP contribution in [0.2, 0.25) is 0 Å². The van der Waals surface area contributed by atoms with E-state index in [-0.39, 0.29) is 30.7 Å². The van der Waals surface area contributed by atoms with Gasteiger partial charge < -0.3 is 19.2 Å². The third-order valence-corrected chi connectivity index (χ3v) is 4.38. The largest absolute Gasteiger partial charge is 0.361 e. The summed E-state index contributed by atoms with van der Waals surface area (Å²) in [6, 6.07) is -0.661. The molecule has 1 aliphatic heterocycles. The van der Waals surface area contributed by atoms with Crippen LogP contribution in [-0.2, 0) is 20.8 Å². The van der Waals surface area contributed by atoms with Gasteiger partial charge >= 0.3 is 0 Å². The van der Waals surface area contributed by atoms with Crippen LogP contribution in [-0.4, -0.2) is 77.3 Å². The summed E-state index contributed by atoms with van der Waals surface area (Å²) in [6.45, 7) is 6.01. The number of aryl methyl sites for hydroxylation is 2. The second kappa shape index (κ2) is 7.02. The van der Waals surface area contributed by atoms with Crippen LogP contribution in [0.1, 0.15) is 23.9 Å². The molecule has 1 saturated heterocycles. The summed E-state index contributed by atoms with van der Waals surface area (Å²) in [5.74, 6) is 0.170. The quantitative estimate of drug-likeness (QED) is 0.774. The maximum Gasteiger partial charge on any atom is 0.246 e. The number of likely N-dealkylation sites (N-methyl/N-ethyl adjacent to an activating group) is 1. The Labute approximate surface area is 141 Å². The molecular weight excluding hydrogens is 312 g/mol. The monoisotopic (exact) mass is 336 g/mol. The Morgan fingerprint density at radius 2 is 1.92 bits per heavy atom. The molecule has 2 heterocycles. The first kappa shape index (κ1) is 18.0. The van der Waals surface area contributed by atoms with E-state index in [4.69, 9.17) is 4.52 Å². The molecule has 0 radical (unpaired) electrons. The predicted molar refractivity (Wildman–Crippen MR) is 86.1 cm³/mol. The van der Waals surface area contributed by atoms with Gasteiger partial charge in [-0.05, 0) is 13.8 Å². The van der Waals surface area contributed by atoms with E-state index in [0.29, 0.717) is 24.5 Å². The second-order valence-corrected chi connectivity index (χ2v) is 6.28. The van der Waals surface area contributed by atoms with Crippen LogP contribution >= 0.6 is 0 Å². The third kappa shape index (κ3) is 3.58. The molecule has 0 spiro atoms. The average Bonchev–Trinajstić information content (AvgIpc) is 2.85. The topological polar surface area (TPSA) is 87.0 Å². The van der Waals surface area contributed by atoms with Crippen molar-refractivity contribution in [2.45, 2.75) is 33.2 Å². The van der Waals surface area contributed by atoms with Crippen molar-refractivity contribution in [2.24, 2.45) is 0 Å². The van der Waals surface area contributed by atoms with Gasteiger partial charge in [0.1, 0.15) is 11.8 Å². The van der Waals surface area contributed by atoms with Crippen LogP contribution in [0.25, 0.3) is 0 Å². The molecule has 132 valence electrons. The van der Waals surface area contributed by atoms with Crippen LogP contribution in [0.15, 0.2) is 4.52 Å². The molecule has 1 fully saturated rings. The van der Waals surface area contributed by atoms with Gasteiger partial charge in [-0.25, -0.2) is 0 Å². The zero-order chi connectivity index (χ0) is 18.0. The molecule has 3 amide bonds. The van der Waals surface area contributed by atoms with E-state index < -0.39 is 6.04 Å². The van der Waals surface area contributed by atoms with Gasteiger partial charge in [-0.2, -0.15) is 0 Å². The van der Waals surface area contributed by atoms with E-state index in [1.807, 2.05) is 0 Å². The number of hydrogen-bond acceptors (Lipinski definition) is 5. The molecule has 0 N–H and O–H groups in total. The van der Waals surface area contributed by atoms with Crippen molar-refractivity contribution >= 4 is 17.7 Å². The zero-order valence-corrected chi connectivity index (χ0v) is 14.8. The highest BCUT2D eigenvalue weighted by atomic mass is 16.5. The molecule has 1 aromatic heterocycles. The molecular formula is C16H24N4O4. The van der Waals surface area contributed by atoms with Crippen molar-refractivity contribution in [3.63, 3.8) is 0 Å². The minimum Gasteiger partial charge on any atom is -0.361 e. The number of carbonyl (C=O) groups is 3. The highest BCUT2D eigenvalue weighted by Gasteiger charge is 2.37. The molecule has 0 bridgehead atoms. The van der Waals surface area contributed by atoms with Crippen LogP contribution in [0.5, 0.6) is 0 Å². The van der Waals surface area contributed by atoms with Gasteiger partial charge in [0.2, 0.25) is 17.7 Å². The first-order chi connectivity index (χ1) is 11.2. The van der Waals surface area contributed by atoms with Crippen molar-refractivity contribution < 1.29 is 18.9 Å². The van der Waals surface area contributed by atoms with E-state index in [1.54, 1.807) is 37.7 Å². The summed E-state index contributed by atoms with van der Waals surface area (Å²) in [5, 5.41) is 3.86. The number of rotatable bonds is 3. The number of amides is 3. The van der Waals surface area contributed by atoms with Gasteiger partial charge in [0.15, 0.2) is 0 Å². The molecule has 8 heteroatoms. The van der Waals surface area contributed by atoms with E-state index in [2.05, 4.69) is 5.16 Å². The Bertz CT molecular complexity index is 633. The molecule has 24 heavy (non-hydrogen) atoms. The van der Waals surface area contributed by atoms with Crippen molar-refractivity contribution in [1.82, 2.24) is 19.9 Å². The highest BCUT2D eigenvalue weighted by molar-refractivity contribution is 5.89. The van der Waals surface area contributed by atoms with E-state index in [9.17, 15) is 14.4 Å². The van der Waals surface area contributed by atoms with Crippen molar-refractivity contribution in [2.75, 3.05) is 33.7 Å². The van der Waals surface area contributed by atoms with E-state index >= 15 is 0 Å². The summed E-state index contributed by atoms with van der Waals surface area (Å²) in [5.41, 5.74) is 1.43. The Morgan fingerprint density at radius 3 is 2.42 bits per heavy atom. The zero-order valence-electron chi connectivity index (χ0n) is 14.8. The molecule has 0 aliphatic carbocycles. The lowest BCUT2D eigenvalue weighted by molar-refractivity contribution is -0.150. The molecule has 0 aromatic carbocycles. The predicted octanol–water partition coefficient (Wildman–Crippen LogP) is -0.0186. The lowest BCUT2D eigenvalue weighted by Gasteiger charge is -2.41. The van der Waals surface area contributed by atoms with Gasteiger partial charge in [-0.3, -0.25) is 14.4 Å². The summed E-state index contributed by atoms with van der Waals surface area (Å²) in [7, 11) is 3.29. The maximum absolute atomic E-state index is 12.8. The molecule has 1 atom stereocenters. The van der Waals surface area contributed by atoms with Crippen LogP contribution in [0, 0.1) is 13.8 Å². The SMILES string of the molecule is CC(=O)N1CCN(C(=O)Cc2c(C)noc2C)C(C(=O)N(C)C)C1. The summed E-state index contributed by atoms with van der Waals surface area (Å²) in [6.07, 6.45) is 0.137. The Hall–Kier alpha value is -2.38. The normalized spacial score (nSPS) is 17.8. The third-order valence-electron chi connectivity index (χ3n) is 4.38. The van der Waals surface area contributed by atoms with Crippen molar-refractivity contribution in [3.05, 3.63) is 17.0 Å². The van der Waals surface area contributed by atoms with Crippen molar-refractivity contribution in [1.29, 1.82) is 0 Å². The molecule has 1 aliphatic rings. The van der Waals surface area contributed by atoms with Gasteiger partial charge in [-0.15, -0.1) is 0 Å². The first-order valence-electron chi connectivity index (χ1n) is 7.90. The fourth-order valence-electron chi connectivity index (χ4n) is 2.88. The lowest BCUT2D eigenvalue weighted by atomic mass is 10.1. The Morgan fingerprint density at radius 1 is 1.25 bits per heavy atom. The minimum atomic E-state index is -0.661. The Balaban J connectivity index is 2.20. The average molecular weight is 336 g/mol. The van der Waals surface area contributed by atoms with Gasteiger partial charge in [0.05, 0.1) is 18.7 Å². The van der Waals surface area contributed by atoms with Gasteiger partial charge in [0.25, 0.3) is 0 Å². The van der Waals surface area contributed by atoms with Crippen LogP contribution < -0.4 is 0 Å². The standard InChI is InChI=1S/C16H24N4O4/c1-10-13(11(2)24-17-10)8-15(22)20-7-6-19(12(3)21)9-14(20)16(23)18(4)5/h14H,6-9H2,1-5H3. The fraction of sp³-hybridized carbons (Fsp3) is 0.625. The maximum atomic E-state index is 12.8. The second-order valence-electron chi connectivity index (χ2n) is 6.28. The van der Waals surface area contributed by atoms with Crippen LogP contribution in [0.4, 0.5) is 0 Å². The number of nitrogens with zero attached hydrogens (tertiary/aromatic N) is 4. The summed E-state index contributed by atoms with van der Waals surface area (Å²) < 4.78 is 5.10. The van der Waals surface area contributed by atoms with Gasteiger partial charge in [-0.1, -0.05) is 5.16 Å². The van der Waals surface area contributed by atoms with E-state index in [1.165, 1.54) is 11.8 Å². The summed E-state index contributed by atoms with van der Waals surface area (Å²) in [4.78, 5) is 41.5. The smallest absolute Gasteiger partial charge is 0.246 e. The number of aromatic nitrogens is 1. The summed E-state index contributed by atoms with van der Waals surface area (Å²) >= 11 is 0. The molecule has 1 unspecified atom stereocenters. The van der Waals surface area contributed by atoms with Crippen molar-refractivity contribution in [3.8, 4) is 0 Å². The van der Waals surface area contributed by atoms with E-state index in [0.717, 1.165) is 5.56 Å². The minimum absolute atomic E-state index is 0.0932. The number of hydrogen-bond donors (Lipinski definition) is 0. The number of carbonyl (C=O) groups excluding carboxylic acids is 3. The molecule has 2 rings (SSSR count). The lowest BCUT2D eigenvalue weighted by Crippen LogP contribution is -2.61. The fourth-order valence-corrected chi connectivity index (χ4v) is 2.88. The van der Waals surface area contributed by atoms with Gasteiger partial charge in [0, 0.05) is 39.7 Å². The highest BCUT2D eigenvalue weighted by Crippen LogP contribution is 2.18. The molecule has 0 saturated carbocycles.